The van der Waals surface area contributed by atoms with Crippen molar-refractivity contribution in [3.05, 3.63) is 29.8 Å². The molecular weight excluding hydrogens is 256 g/mol. The average molecular weight is 272 g/mol. The van der Waals surface area contributed by atoms with Gasteiger partial charge in [0.15, 0.2) is 0 Å². The molecule has 17 heavy (non-hydrogen) atoms. The van der Waals surface area contributed by atoms with Gasteiger partial charge in [0.1, 0.15) is 14.8 Å². The van der Waals surface area contributed by atoms with E-state index in [2.05, 4.69) is 5.32 Å². The molecule has 0 radical (unpaired) electrons. The Morgan fingerprint density at radius 3 is 2.35 bits per heavy atom. The van der Waals surface area contributed by atoms with Gasteiger partial charge < -0.3 is 11.1 Å². The summed E-state index contributed by atoms with van der Waals surface area (Å²) in [5.74, 6) is 0.101. The zero-order valence-corrected chi connectivity index (χ0v) is 11.4. The van der Waals surface area contributed by atoms with Gasteiger partial charge in [0.05, 0.1) is 5.75 Å². The Morgan fingerprint density at radius 2 is 1.94 bits per heavy atom. The van der Waals surface area contributed by atoms with Crippen molar-refractivity contribution >= 4 is 32.7 Å². The lowest BCUT2D eigenvalue weighted by atomic mass is 10.2. The van der Waals surface area contributed by atoms with Crippen LogP contribution in [0, 0.1) is 0 Å². The number of hydrogen-bond donors (Lipinski definition) is 2. The van der Waals surface area contributed by atoms with Crippen LogP contribution in [-0.2, 0) is 9.84 Å². The minimum Gasteiger partial charge on any atom is -0.389 e. The van der Waals surface area contributed by atoms with E-state index in [-0.39, 0.29) is 11.8 Å². The maximum Gasteiger partial charge on any atom is 0.149 e. The maximum absolute atomic E-state index is 11.1. The number of anilines is 1. The van der Waals surface area contributed by atoms with Crippen LogP contribution < -0.4 is 11.1 Å². The molecule has 0 aliphatic heterocycles. The summed E-state index contributed by atoms with van der Waals surface area (Å²) < 4.78 is 22.2. The third kappa shape index (κ3) is 5.14. The Hall–Kier alpha value is -1.14. The van der Waals surface area contributed by atoms with Gasteiger partial charge >= 0.3 is 0 Å². The number of benzene rings is 1. The standard InChI is InChI=1S/C11H16N2O2S2/c1-8(7-17(2,14)15)13-10-5-3-9(4-6-10)11(12)16/h3-6,8,13H,7H2,1-2H3,(H2,12,16). The van der Waals surface area contributed by atoms with Crippen LogP contribution in [0.1, 0.15) is 12.5 Å². The lowest BCUT2D eigenvalue weighted by Gasteiger charge is -2.14. The molecule has 0 aliphatic carbocycles. The molecule has 0 heterocycles. The first-order valence-corrected chi connectivity index (χ1v) is 7.59. The summed E-state index contributed by atoms with van der Waals surface area (Å²) in [6.45, 7) is 1.82. The highest BCUT2D eigenvalue weighted by atomic mass is 32.2. The van der Waals surface area contributed by atoms with Gasteiger partial charge in [0.2, 0.25) is 0 Å². The van der Waals surface area contributed by atoms with Crippen LogP contribution in [-0.4, -0.2) is 31.5 Å². The van der Waals surface area contributed by atoms with E-state index in [1.807, 2.05) is 19.1 Å². The van der Waals surface area contributed by atoms with Crippen LogP contribution in [0.15, 0.2) is 24.3 Å². The Morgan fingerprint density at radius 1 is 1.41 bits per heavy atom. The number of rotatable bonds is 5. The Balaban J connectivity index is 2.66. The van der Waals surface area contributed by atoms with Gasteiger partial charge in [-0.25, -0.2) is 8.42 Å². The highest BCUT2D eigenvalue weighted by Gasteiger charge is 2.10. The highest BCUT2D eigenvalue weighted by molar-refractivity contribution is 7.90. The molecule has 0 spiro atoms. The minimum atomic E-state index is -2.97. The number of nitrogens with two attached hydrogens (primary N) is 1. The molecule has 0 amide bonds. The predicted octanol–water partition coefficient (Wildman–Crippen LogP) is 1.17. The first-order valence-electron chi connectivity index (χ1n) is 5.12. The van der Waals surface area contributed by atoms with Crippen molar-refractivity contribution in [2.75, 3.05) is 17.3 Å². The average Bonchev–Trinajstić information content (AvgIpc) is 2.15. The zero-order chi connectivity index (χ0) is 13.1. The van der Waals surface area contributed by atoms with E-state index in [1.54, 1.807) is 12.1 Å². The minimum absolute atomic E-state index is 0.101. The third-order valence-corrected chi connectivity index (χ3v) is 3.48. The van der Waals surface area contributed by atoms with E-state index in [4.69, 9.17) is 18.0 Å². The number of sulfone groups is 1. The molecule has 4 nitrogen and oxygen atoms in total. The lowest BCUT2D eigenvalue weighted by molar-refractivity contribution is 0.598. The summed E-state index contributed by atoms with van der Waals surface area (Å²) in [5, 5.41) is 3.10. The van der Waals surface area contributed by atoms with Crippen molar-refractivity contribution < 1.29 is 8.42 Å². The monoisotopic (exact) mass is 272 g/mol. The third-order valence-electron chi connectivity index (χ3n) is 2.14. The number of thiocarbonyl (C=S) groups is 1. The predicted molar refractivity (Wildman–Crippen MR) is 75.1 cm³/mol. The van der Waals surface area contributed by atoms with E-state index in [0.29, 0.717) is 4.99 Å². The van der Waals surface area contributed by atoms with Crippen molar-refractivity contribution in [3.63, 3.8) is 0 Å². The largest absolute Gasteiger partial charge is 0.389 e. The van der Waals surface area contributed by atoms with Gasteiger partial charge in [-0.1, -0.05) is 12.2 Å². The van der Waals surface area contributed by atoms with E-state index in [9.17, 15) is 8.42 Å². The second-order valence-corrected chi connectivity index (χ2v) is 6.70. The van der Waals surface area contributed by atoms with E-state index < -0.39 is 9.84 Å². The van der Waals surface area contributed by atoms with Gasteiger partial charge in [0.25, 0.3) is 0 Å². The van der Waals surface area contributed by atoms with Crippen LogP contribution in [0.5, 0.6) is 0 Å². The first-order chi connectivity index (χ1) is 7.78. The maximum atomic E-state index is 11.1. The molecule has 1 aromatic rings. The smallest absolute Gasteiger partial charge is 0.149 e. The summed E-state index contributed by atoms with van der Waals surface area (Å²) in [7, 11) is -2.97. The van der Waals surface area contributed by atoms with Crippen molar-refractivity contribution in [3.8, 4) is 0 Å². The van der Waals surface area contributed by atoms with Gasteiger partial charge in [-0.05, 0) is 31.2 Å². The lowest BCUT2D eigenvalue weighted by Crippen LogP contribution is -2.25. The number of nitrogens with one attached hydrogen (secondary N) is 1. The molecule has 94 valence electrons. The van der Waals surface area contributed by atoms with Crippen LogP contribution in [0.4, 0.5) is 5.69 Å². The van der Waals surface area contributed by atoms with Gasteiger partial charge in [-0.3, -0.25) is 0 Å². The van der Waals surface area contributed by atoms with Gasteiger partial charge in [-0.2, -0.15) is 0 Å². The molecule has 0 saturated carbocycles. The Labute approximate surface area is 107 Å². The Bertz CT molecular complexity index is 495. The second kappa shape index (κ2) is 5.46. The van der Waals surface area contributed by atoms with Crippen molar-refractivity contribution in [2.45, 2.75) is 13.0 Å². The molecular formula is C11H16N2O2S2. The van der Waals surface area contributed by atoms with Crippen molar-refractivity contribution in [2.24, 2.45) is 5.73 Å². The summed E-state index contributed by atoms with van der Waals surface area (Å²) >= 11 is 4.84. The summed E-state index contributed by atoms with van der Waals surface area (Å²) in [6, 6.07) is 7.12. The summed E-state index contributed by atoms with van der Waals surface area (Å²) in [5.41, 5.74) is 7.12. The van der Waals surface area contributed by atoms with E-state index in [1.165, 1.54) is 6.26 Å². The van der Waals surface area contributed by atoms with Crippen LogP contribution in [0.25, 0.3) is 0 Å². The van der Waals surface area contributed by atoms with Gasteiger partial charge in [-0.15, -0.1) is 0 Å². The van der Waals surface area contributed by atoms with Crippen molar-refractivity contribution in [1.29, 1.82) is 0 Å². The molecule has 0 bridgehead atoms. The van der Waals surface area contributed by atoms with Crippen LogP contribution >= 0.6 is 12.2 Å². The summed E-state index contributed by atoms with van der Waals surface area (Å²) in [6.07, 6.45) is 1.22. The number of hydrogen-bond acceptors (Lipinski definition) is 4. The second-order valence-electron chi connectivity index (χ2n) is 4.08. The summed E-state index contributed by atoms with van der Waals surface area (Å²) in [4.78, 5) is 0.348. The fourth-order valence-corrected chi connectivity index (χ4v) is 2.64. The molecule has 1 rings (SSSR count). The van der Waals surface area contributed by atoms with E-state index in [0.717, 1.165) is 11.3 Å². The normalized spacial score (nSPS) is 13.1. The van der Waals surface area contributed by atoms with Gasteiger partial charge in [0, 0.05) is 23.5 Å². The molecule has 1 aromatic carbocycles. The first kappa shape index (κ1) is 13.9. The molecule has 3 N–H and O–H groups in total. The quantitative estimate of drug-likeness (QED) is 0.787. The SMILES string of the molecule is CC(CS(C)(=O)=O)Nc1ccc(C(N)=S)cc1. The fourth-order valence-electron chi connectivity index (χ4n) is 1.51. The molecule has 6 heteroatoms. The zero-order valence-electron chi connectivity index (χ0n) is 9.80. The topological polar surface area (TPSA) is 72.2 Å². The Kier molecular flexibility index (Phi) is 4.47. The molecule has 0 saturated heterocycles. The molecule has 0 fully saturated rings. The van der Waals surface area contributed by atoms with E-state index >= 15 is 0 Å². The molecule has 0 aromatic heterocycles. The van der Waals surface area contributed by atoms with Crippen LogP contribution in [0.3, 0.4) is 0 Å². The van der Waals surface area contributed by atoms with Crippen molar-refractivity contribution in [1.82, 2.24) is 0 Å². The molecule has 1 atom stereocenters. The van der Waals surface area contributed by atoms with Crippen LogP contribution in [0.2, 0.25) is 0 Å². The molecule has 0 aliphatic rings. The fraction of sp³-hybridized carbons (Fsp3) is 0.364. The molecule has 1 unspecified atom stereocenters. The highest BCUT2D eigenvalue weighted by Crippen LogP contribution is 2.11.